The second kappa shape index (κ2) is 9.69. The Labute approximate surface area is 159 Å². The number of benzene rings is 1. The predicted molar refractivity (Wildman–Crippen MR) is 90.2 cm³/mol. The molecule has 2 aromatic rings. The Bertz CT molecular complexity index is 615. The maximum Gasteiger partial charge on any atom is 0.185 e. The van der Waals surface area contributed by atoms with Gasteiger partial charge in [-0.1, -0.05) is 37.3 Å². The van der Waals surface area contributed by atoms with E-state index in [0.29, 0.717) is 5.92 Å². The van der Waals surface area contributed by atoms with Crippen molar-refractivity contribution in [2.75, 3.05) is 19.9 Å². The molecular formula is C15H23N5O2PW-. The van der Waals surface area contributed by atoms with Gasteiger partial charge in [-0.15, -0.1) is 10.2 Å². The van der Waals surface area contributed by atoms with E-state index < -0.39 is 6.79 Å². The fourth-order valence-corrected chi connectivity index (χ4v) is 3.41. The zero-order chi connectivity index (χ0) is 16.9. The number of hydrogen-bond donors (Lipinski definition) is 2. The molecule has 3 unspecified atom stereocenters. The maximum absolute atomic E-state index is 7.12. The number of piperidine rings is 1. The summed E-state index contributed by atoms with van der Waals surface area (Å²) in [6.07, 6.45) is 0.956. The van der Waals surface area contributed by atoms with Crippen LogP contribution >= 0.6 is 9.39 Å². The first-order valence-corrected chi connectivity index (χ1v) is 7.94. The largest absolute Gasteiger partial charge is 0.459 e. The van der Waals surface area contributed by atoms with Gasteiger partial charge in [0.15, 0.2) is 5.82 Å². The molecule has 0 radical (unpaired) electrons. The quantitative estimate of drug-likeness (QED) is 0.344. The number of rotatable bonds is 2. The molecular weight excluding hydrogens is 497 g/mol. The molecule has 1 aromatic heterocycles. The molecule has 1 aromatic carbocycles. The third-order valence-corrected chi connectivity index (χ3v) is 4.53. The molecule has 0 aliphatic carbocycles. The van der Waals surface area contributed by atoms with Gasteiger partial charge in [-0.2, -0.15) is 4.57 Å². The smallest absolute Gasteiger partial charge is 0.185 e. The van der Waals surface area contributed by atoms with E-state index in [1.54, 1.807) is 0 Å². The molecule has 0 bridgehead atoms. The van der Waals surface area contributed by atoms with Crippen molar-refractivity contribution < 1.29 is 31.3 Å². The van der Waals surface area contributed by atoms with E-state index >= 15 is 0 Å². The minimum absolute atomic E-state index is 0. The first-order chi connectivity index (χ1) is 11.0. The minimum atomic E-state index is -0.750. The monoisotopic (exact) mass is 520 g/mol. The summed E-state index contributed by atoms with van der Waals surface area (Å²) in [6.45, 7) is 3.36. The van der Waals surface area contributed by atoms with Crippen LogP contribution in [0, 0.1) is 13.0 Å². The Balaban J connectivity index is 0.000000671. The second-order valence-corrected chi connectivity index (χ2v) is 6.10. The van der Waals surface area contributed by atoms with Crippen LogP contribution in [0.2, 0.25) is 0 Å². The molecule has 2 heterocycles. The molecule has 3 atom stereocenters. The average Bonchev–Trinajstić information content (AvgIpc) is 2.96. The summed E-state index contributed by atoms with van der Waals surface area (Å²) in [5.74, 6) is 1.18. The molecule has 9 heteroatoms. The van der Waals surface area contributed by atoms with Crippen molar-refractivity contribution in [3.63, 3.8) is 0 Å². The van der Waals surface area contributed by atoms with Crippen molar-refractivity contribution in [2.24, 2.45) is 5.92 Å². The number of nitrogens with zero attached hydrogens (tertiary/aromatic N) is 5. The van der Waals surface area contributed by atoms with Crippen LogP contribution in [0.3, 0.4) is 0 Å². The van der Waals surface area contributed by atoms with Crippen LogP contribution in [0.15, 0.2) is 30.3 Å². The van der Waals surface area contributed by atoms with Gasteiger partial charge in [0, 0.05) is 30.5 Å². The summed E-state index contributed by atoms with van der Waals surface area (Å²) in [5, 5.41) is 27.0. The van der Waals surface area contributed by atoms with E-state index in [9.17, 15) is 0 Å². The molecule has 1 fully saturated rings. The van der Waals surface area contributed by atoms with Gasteiger partial charge in [0.25, 0.3) is 0 Å². The minimum Gasteiger partial charge on any atom is -0.459 e. The molecule has 7 nitrogen and oxygen atoms in total. The van der Waals surface area contributed by atoms with Crippen LogP contribution in [-0.2, 0) is 26.5 Å². The standard InChI is InChI=1S/C14H19N5P.CH4O2.W/c1-11-10-18(2)9-8-14(11,12-6-4-3-5-7-12)13-15-17-19(20)16-13;2-1-3;/h3-7,11H,2,8-10,20H2,1H3;2-3H,1H2;/q-1;;. The van der Waals surface area contributed by atoms with Crippen molar-refractivity contribution in [3.05, 3.63) is 48.8 Å². The number of aliphatic hydroxyl groups excluding tert-OH is 1. The zero-order valence-electron chi connectivity index (χ0n) is 13.6. The fourth-order valence-electron chi connectivity index (χ4n) is 3.24. The first kappa shape index (κ1) is 21.3. The van der Waals surface area contributed by atoms with Crippen molar-refractivity contribution in [1.82, 2.24) is 24.9 Å². The van der Waals surface area contributed by atoms with Crippen LogP contribution in [0.5, 0.6) is 0 Å². The van der Waals surface area contributed by atoms with Crippen LogP contribution in [-0.4, -0.2) is 55.0 Å². The maximum atomic E-state index is 7.12. The van der Waals surface area contributed by atoms with Gasteiger partial charge in [0.2, 0.25) is 0 Å². The molecule has 1 aliphatic heterocycles. The second-order valence-electron chi connectivity index (χ2n) is 5.64. The van der Waals surface area contributed by atoms with E-state index in [-0.39, 0.29) is 26.5 Å². The van der Waals surface area contributed by atoms with Gasteiger partial charge in [-0.05, 0) is 36.2 Å². The molecule has 0 amide bonds. The third kappa shape index (κ3) is 4.47. The topological polar surface area (TPSA) is 87.3 Å². The Morgan fingerprint density at radius 2 is 1.96 bits per heavy atom. The Kier molecular flexibility index (Phi) is 8.61. The van der Waals surface area contributed by atoms with E-state index in [4.69, 9.17) is 10.2 Å². The van der Waals surface area contributed by atoms with E-state index in [1.807, 2.05) is 6.07 Å². The van der Waals surface area contributed by atoms with Crippen molar-refractivity contribution in [1.29, 1.82) is 0 Å². The Morgan fingerprint density at radius 3 is 2.46 bits per heavy atom. The first-order valence-electron chi connectivity index (χ1n) is 7.43. The van der Waals surface area contributed by atoms with E-state index in [2.05, 4.69) is 67.9 Å². The molecule has 24 heavy (non-hydrogen) atoms. The molecule has 1 saturated heterocycles. The average molecular weight is 520 g/mol. The molecule has 3 rings (SSSR count). The van der Waals surface area contributed by atoms with Gasteiger partial charge in [0.05, 0.1) is 5.41 Å². The van der Waals surface area contributed by atoms with Gasteiger partial charge in [-0.3, -0.25) is 7.05 Å². The molecule has 2 N–H and O–H groups in total. The number of likely N-dealkylation sites (tertiary alicyclic amines) is 1. The van der Waals surface area contributed by atoms with Gasteiger partial charge < -0.3 is 15.1 Å². The van der Waals surface area contributed by atoms with E-state index in [1.165, 1.54) is 10.1 Å². The molecule has 0 spiro atoms. The van der Waals surface area contributed by atoms with Crippen LogP contribution in [0.4, 0.5) is 0 Å². The molecule has 132 valence electrons. The normalized spacial score (nSPS) is 23.8. The Morgan fingerprint density at radius 1 is 1.33 bits per heavy atom. The summed E-state index contributed by atoms with van der Waals surface area (Å²) in [4.78, 5) is 2.12. The van der Waals surface area contributed by atoms with Crippen molar-refractivity contribution >= 4 is 9.39 Å². The predicted octanol–water partition coefficient (Wildman–Crippen LogP) is 0.657. The van der Waals surface area contributed by atoms with Gasteiger partial charge in [0.1, 0.15) is 6.79 Å². The summed E-state index contributed by atoms with van der Waals surface area (Å²) in [5.41, 5.74) is 1.09. The molecule has 0 saturated carbocycles. The van der Waals surface area contributed by atoms with Crippen LogP contribution in [0.25, 0.3) is 0 Å². The number of hydrogen-bond acceptors (Lipinski definition) is 6. The summed E-state index contributed by atoms with van der Waals surface area (Å²) >= 11 is 0. The van der Waals surface area contributed by atoms with Gasteiger partial charge >= 0.3 is 0 Å². The molecule has 1 aliphatic rings. The zero-order valence-corrected chi connectivity index (χ0v) is 17.7. The number of aromatic nitrogens is 4. The third-order valence-electron chi connectivity index (χ3n) is 4.31. The van der Waals surface area contributed by atoms with Gasteiger partial charge in [-0.25, -0.2) is 0 Å². The van der Waals surface area contributed by atoms with Crippen molar-refractivity contribution in [3.8, 4) is 0 Å². The SMILES string of the molecule is OCO.[CH2-]N1CCC(c2ccccc2)(c2nnn(P)n2)C(C)C1.[W]. The summed E-state index contributed by atoms with van der Waals surface area (Å²) < 4.78 is 1.46. The number of aliphatic hydroxyl groups is 2. The van der Waals surface area contributed by atoms with E-state index in [0.717, 1.165) is 25.3 Å². The van der Waals surface area contributed by atoms with Crippen molar-refractivity contribution in [2.45, 2.75) is 18.8 Å². The summed E-state index contributed by atoms with van der Waals surface area (Å²) in [6, 6.07) is 10.5. The summed E-state index contributed by atoms with van der Waals surface area (Å²) in [7, 11) is 6.52. The number of tetrazole rings is 1. The van der Waals surface area contributed by atoms with Crippen LogP contribution in [0.1, 0.15) is 24.7 Å². The fraction of sp³-hybridized carbons (Fsp3) is 0.467. The van der Waals surface area contributed by atoms with Crippen LogP contribution < -0.4 is 0 Å². The Hall–Kier alpha value is -0.712.